The predicted molar refractivity (Wildman–Crippen MR) is 127 cm³/mol. The first-order chi connectivity index (χ1) is 15.9. The van der Waals surface area contributed by atoms with E-state index in [9.17, 15) is 14.4 Å². The minimum absolute atomic E-state index is 0.143. The number of hydrogen-bond acceptors (Lipinski definition) is 5. The Kier molecular flexibility index (Phi) is 5.62. The Labute approximate surface area is 199 Å². The summed E-state index contributed by atoms with van der Waals surface area (Å²) in [7, 11) is 0. The van der Waals surface area contributed by atoms with Crippen molar-refractivity contribution in [1.82, 2.24) is 5.01 Å². The van der Waals surface area contributed by atoms with E-state index in [1.807, 2.05) is 31.2 Å². The number of rotatable bonds is 6. The molecule has 33 heavy (non-hydrogen) atoms. The number of para-hydroxylation sites is 1. The number of ether oxygens (including phenoxy) is 1. The lowest BCUT2D eigenvalue weighted by molar-refractivity contribution is -0.140. The Balaban J connectivity index is 1.20. The number of imide groups is 1. The van der Waals surface area contributed by atoms with E-state index in [2.05, 4.69) is 38.5 Å². The Morgan fingerprint density at radius 3 is 2.52 bits per heavy atom. The Bertz CT molecular complexity index is 1180. The maximum Gasteiger partial charge on any atom is 0.262 e. The zero-order valence-electron chi connectivity index (χ0n) is 17.9. The van der Waals surface area contributed by atoms with Gasteiger partial charge in [0.2, 0.25) is 0 Å². The average molecular weight is 508 g/mol. The number of halogens is 1. The van der Waals surface area contributed by atoms with Gasteiger partial charge in [0, 0.05) is 5.69 Å². The van der Waals surface area contributed by atoms with Crippen molar-refractivity contribution in [3.63, 3.8) is 0 Å². The van der Waals surface area contributed by atoms with Gasteiger partial charge in [-0.25, -0.2) is 0 Å². The van der Waals surface area contributed by atoms with Gasteiger partial charge < -0.3 is 10.1 Å². The second-order valence-corrected chi connectivity index (χ2v) is 9.43. The third-order valence-corrected chi connectivity index (χ3v) is 7.12. The minimum atomic E-state index is -0.266. The first kappa shape index (κ1) is 21.6. The van der Waals surface area contributed by atoms with Crippen LogP contribution in [0.4, 0.5) is 5.69 Å². The number of carbonyl (C=O) groups excluding carboxylic acids is 3. The van der Waals surface area contributed by atoms with Gasteiger partial charge in [-0.15, -0.1) is 0 Å². The topological polar surface area (TPSA) is 88.1 Å². The van der Waals surface area contributed by atoms with E-state index < -0.39 is 0 Å². The zero-order valence-corrected chi connectivity index (χ0v) is 19.5. The van der Waals surface area contributed by atoms with Gasteiger partial charge in [0.05, 0.1) is 22.5 Å². The Morgan fingerprint density at radius 2 is 1.85 bits per heavy atom. The van der Waals surface area contributed by atoms with E-state index in [0.29, 0.717) is 15.8 Å². The third kappa shape index (κ3) is 3.99. The maximum atomic E-state index is 12.7. The molecule has 168 valence electrons. The van der Waals surface area contributed by atoms with E-state index in [4.69, 9.17) is 4.74 Å². The Morgan fingerprint density at radius 1 is 1.15 bits per heavy atom. The summed E-state index contributed by atoms with van der Waals surface area (Å²) in [6.45, 7) is 1.78. The number of benzene rings is 2. The predicted octanol–water partition coefficient (Wildman–Crippen LogP) is 3.92. The standard InChI is InChI=1S/C25H22BrN3O4/c1-14-4-2-3-5-19(14)28-21(30)13-33-20-9-6-15(10-18(20)26)12-27-29-24(31)22-16-7-8-17(11-16)23(22)25(29)32/h2-10,12,16-17,22-23H,11,13H2,1H3,(H,28,30)/t16-,17-,22-,23+/m0/s1. The lowest BCUT2D eigenvalue weighted by Gasteiger charge is -2.13. The van der Waals surface area contributed by atoms with E-state index in [1.54, 1.807) is 18.2 Å². The number of carbonyl (C=O) groups is 3. The first-order valence-corrected chi connectivity index (χ1v) is 11.6. The second kappa shape index (κ2) is 8.59. The first-order valence-electron chi connectivity index (χ1n) is 10.8. The summed E-state index contributed by atoms with van der Waals surface area (Å²) in [5.74, 6) is -0.403. The van der Waals surface area contributed by atoms with Crippen LogP contribution in [0.5, 0.6) is 5.75 Å². The van der Waals surface area contributed by atoms with Crippen molar-refractivity contribution < 1.29 is 19.1 Å². The second-order valence-electron chi connectivity index (χ2n) is 8.57. The smallest absolute Gasteiger partial charge is 0.262 e. The highest BCUT2D eigenvalue weighted by atomic mass is 79.9. The fourth-order valence-corrected chi connectivity index (χ4v) is 5.39. The fraction of sp³-hybridized carbons (Fsp3) is 0.280. The number of hydrogen-bond donors (Lipinski definition) is 1. The molecule has 2 fully saturated rings. The molecule has 1 N–H and O–H groups in total. The van der Waals surface area contributed by atoms with Crippen molar-refractivity contribution in [3.05, 3.63) is 70.2 Å². The summed E-state index contributed by atoms with van der Waals surface area (Å²) in [6, 6.07) is 12.7. The molecule has 2 aromatic carbocycles. The highest BCUT2D eigenvalue weighted by molar-refractivity contribution is 9.10. The maximum absolute atomic E-state index is 12.7. The molecule has 2 bridgehead atoms. The number of nitrogens with one attached hydrogen (secondary N) is 1. The zero-order chi connectivity index (χ0) is 23.1. The summed E-state index contributed by atoms with van der Waals surface area (Å²) < 4.78 is 6.26. The molecular weight excluding hydrogens is 486 g/mol. The van der Waals surface area contributed by atoms with Crippen LogP contribution in [-0.2, 0) is 14.4 Å². The lowest BCUT2D eigenvalue weighted by atomic mass is 9.85. The van der Waals surface area contributed by atoms with Crippen LogP contribution in [-0.4, -0.2) is 35.6 Å². The van der Waals surface area contributed by atoms with Crippen molar-refractivity contribution in [2.75, 3.05) is 11.9 Å². The molecular formula is C25H22BrN3O4. The minimum Gasteiger partial charge on any atom is -0.483 e. The Hall–Kier alpha value is -3.26. The molecule has 2 aliphatic carbocycles. The van der Waals surface area contributed by atoms with Crippen LogP contribution >= 0.6 is 15.9 Å². The van der Waals surface area contributed by atoms with Crippen molar-refractivity contribution in [3.8, 4) is 5.75 Å². The molecule has 1 saturated heterocycles. The molecule has 4 atom stereocenters. The van der Waals surface area contributed by atoms with Crippen LogP contribution in [0, 0.1) is 30.6 Å². The van der Waals surface area contributed by atoms with Gasteiger partial charge in [-0.05, 0) is 76.5 Å². The number of amides is 3. The molecule has 5 rings (SSSR count). The monoisotopic (exact) mass is 507 g/mol. The van der Waals surface area contributed by atoms with Crippen molar-refractivity contribution in [2.45, 2.75) is 13.3 Å². The quantitative estimate of drug-likeness (QED) is 0.364. The molecule has 0 spiro atoms. The molecule has 8 heteroatoms. The largest absolute Gasteiger partial charge is 0.483 e. The van der Waals surface area contributed by atoms with Gasteiger partial charge in [0.15, 0.2) is 6.61 Å². The number of fused-ring (bicyclic) bond motifs is 5. The molecule has 7 nitrogen and oxygen atoms in total. The SMILES string of the molecule is Cc1ccccc1NC(=O)COc1ccc(C=NN2C(=O)[C@@H]3[C@H](C2=O)[C@H]2C=C[C@H]3C2)cc1Br. The summed E-state index contributed by atoms with van der Waals surface area (Å²) in [6.07, 6.45) is 6.50. The van der Waals surface area contributed by atoms with Gasteiger partial charge >= 0.3 is 0 Å². The number of aryl methyl sites for hydroxylation is 1. The molecule has 3 aliphatic rings. The van der Waals surface area contributed by atoms with Gasteiger partial charge in [0.1, 0.15) is 5.75 Å². The van der Waals surface area contributed by atoms with Gasteiger partial charge in [-0.2, -0.15) is 10.1 Å². The normalized spacial score (nSPS) is 25.2. The van der Waals surface area contributed by atoms with E-state index in [-0.39, 0.29) is 48.0 Å². The average Bonchev–Trinajstić information content (AvgIpc) is 3.47. The highest BCUT2D eigenvalue weighted by Crippen LogP contribution is 2.52. The van der Waals surface area contributed by atoms with E-state index >= 15 is 0 Å². The number of allylic oxidation sites excluding steroid dienone is 2. The molecule has 2 aromatic rings. The molecule has 1 heterocycles. The van der Waals surface area contributed by atoms with Crippen LogP contribution in [0.2, 0.25) is 0 Å². The lowest BCUT2D eigenvalue weighted by Crippen LogP contribution is -2.28. The summed E-state index contributed by atoms with van der Waals surface area (Å²) in [5, 5.41) is 8.04. The van der Waals surface area contributed by atoms with Crippen LogP contribution in [0.15, 0.2) is 64.2 Å². The molecule has 0 unspecified atom stereocenters. The molecule has 1 saturated carbocycles. The van der Waals surface area contributed by atoms with Gasteiger partial charge in [-0.1, -0.05) is 30.4 Å². The van der Waals surface area contributed by atoms with Crippen molar-refractivity contribution in [1.29, 1.82) is 0 Å². The molecule has 0 aromatic heterocycles. The highest BCUT2D eigenvalue weighted by Gasteiger charge is 2.59. The number of hydrazone groups is 1. The number of nitrogens with zero attached hydrogens (tertiary/aromatic N) is 2. The molecule has 1 aliphatic heterocycles. The van der Waals surface area contributed by atoms with Crippen LogP contribution < -0.4 is 10.1 Å². The van der Waals surface area contributed by atoms with E-state index in [0.717, 1.165) is 22.7 Å². The fourth-order valence-electron chi connectivity index (χ4n) is 4.88. The van der Waals surface area contributed by atoms with Crippen LogP contribution in [0.3, 0.4) is 0 Å². The van der Waals surface area contributed by atoms with E-state index in [1.165, 1.54) is 6.21 Å². The van der Waals surface area contributed by atoms with Crippen molar-refractivity contribution >= 4 is 45.6 Å². The van der Waals surface area contributed by atoms with Crippen LogP contribution in [0.25, 0.3) is 0 Å². The third-order valence-electron chi connectivity index (χ3n) is 6.50. The van der Waals surface area contributed by atoms with Gasteiger partial charge in [0.25, 0.3) is 17.7 Å². The van der Waals surface area contributed by atoms with Crippen LogP contribution in [0.1, 0.15) is 17.5 Å². The molecule has 3 amide bonds. The summed E-state index contributed by atoms with van der Waals surface area (Å²) >= 11 is 3.44. The summed E-state index contributed by atoms with van der Waals surface area (Å²) in [4.78, 5) is 37.7. The summed E-state index contributed by atoms with van der Waals surface area (Å²) in [5.41, 5.74) is 2.41. The number of anilines is 1. The van der Waals surface area contributed by atoms with Gasteiger partial charge in [-0.3, -0.25) is 14.4 Å². The molecule has 0 radical (unpaired) electrons. The van der Waals surface area contributed by atoms with Crippen molar-refractivity contribution in [2.24, 2.45) is 28.8 Å².